The molecule has 0 spiro atoms. The highest BCUT2D eigenvalue weighted by atomic mass is 16.7. The molecule has 0 bridgehead atoms. The third-order valence-corrected chi connectivity index (χ3v) is 3.32. The predicted molar refractivity (Wildman–Crippen MR) is 58.1 cm³/mol. The summed E-state index contributed by atoms with van der Waals surface area (Å²) < 4.78 is 10.8. The first kappa shape index (κ1) is 11.7. The number of ether oxygens (including phenoxy) is 2. The van der Waals surface area contributed by atoms with Crippen LogP contribution in [0.15, 0.2) is 11.6 Å². The number of rotatable bonds is 3. The van der Waals surface area contributed by atoms with Crippen molar-refractivity contribution in [2.75, 3.05) is 14.2 Å². The Hall–Kier alpha value is -0.340. The lowest BCUT2D eigenvalue weighted by Gasteiger charge is -2.41. The van der Waals surface area contributed by atoms with Crippen LogP contribution in [-0.4, -0.2) is 20.5 Å². The summed E-state index contributed by atoms with van der Waals surface area (Å²) in [6.07, 6.45) is 4.58. The predicted octanol–water partition coefficient (Wildman–Crippen LogP) is 2.99. The van der Waals surface area contributed by atoms with Crippen molar-refractivity contribution in [2.45, 2.75) is 39.9 Å². The minimum absolute atomic E-state index is 0.110. The monoisotopic (exact) mass is 198 g/mol. The Kier molecular flexibility index (Phi) is 3.73. The zero-order valence-corrected chi connectivity index (χ0v) is 9.96. The first-order chi connectivity index (χ1) is 6.53. The van der Waals surface area contributed by atoms with Crippen molar-refractivity contribution in [1.82, 2.24) is 0 Å². The molecule has 1 aliphatic rings. The molecular formula is C12H22O2. The van der Waals surface area contributed by atoms with Gasteiger partial charge in [-0.1, -0.05) is 25.5 Å². The number of hydrogen-bond acceptors (Lipinski definition) is 2. The molecule has 0 fully saturated rings. The third kappa shape index (κ3) is 2.18. The fourth-order valence-electron chi connectivity index (χ4n) is 2.52. The molecule has 0 aromatic carbocycles. The lowest BCUT2D eigenvalue weighted by atomic mass is 9.68. The zero-order chi connectivity index (χ0) is 10.8. The second-order valence-electron chi connectivity index (χ2n) is 4.79. The molecule has 82 valence electrons. The van der Waals surface area contributed by atoms with Gasteiger partial charge < -0.3 is 9.47 Å². The van der Waals surface area contributed by atoms with Crippen molar-refractivity contribution in [3.63, 3.8) is 0 Å². The van der Waals surface area contributed by atoms with Gasteiger partial charge in [-0.3, -0.25) is 0 Å². The van der Waals surface area contributed by atoms with Gasteiger partial charge in [0.15, 0.2) is 6.29 Å². The number of allylic oxidation sites excluding steroid dienone is 1. The van der Waals surface area contributed by atoms with Gasteiger partial charge in [0.25, 0.3) is 0 Å². The fourth-order valence-corrected chi connectivity index (χ4v) is 2.52. The van der Waals surface area contributed by atoms with Gasteiger partial charge in [-0.05, 0) is 25.2 Å². The summed E-state index contributed by atoms with van der Waals surface area (Å²) in [6, 6.07) is 0. The van der Waals surface area contributed by atoms with Crippen molar-refractivity contribution in [1.29, 1.82) is 0 Å². The molecule has 0 heterocycles. The van der Waals surface area contributed by atoms with Crippen molar-refractivity contribution in [3.05, 3.63) is 11.6 Å². The van der Waals surface area contributed by atoms with Crippen molar-refractivity contribution in [3.8, 4) is 0 Å². The quantitative estimate of drug-likeness (QED) is 0.512. The molecule has 1 atom stereocenters. The lowest BCUT2D eigenvalue weighted by Crippen LogP contribution is -2.39. The van der Waals surface area contributed by atoms with Crippen LogP contribution in [0.2, 0.25) is 0 Å². The van der Waals surface area contributed by atoms with Crippen LogP contribution in [0.4, 0.5) is 0 Å². The third-order valence-electron chi connectivity index (χ3n) is 3.32. The van der Waals surface area contributed by atoms with Crippen LogP contribution in [-0.2, 0) is 9.47 Å². The number of hydrogen-bond donors (Lipinski definition) is 0. The van der Waals surface area contributed by atoms with Crippen molar-refractivity contribution in [2.24, 2.45) is 11.3 Å². The fraction of sp³-hybridized carbons (Fsp3) is 0.833. The van der Waals surface area contributed by atoms with Gasteiger partial charge in [0.05, 0.1) is 0 Å². The molecule has 1 unspecified atom stereocenters. The molecule has 0 aromatic rings. The van der Waals surface area contributed by atoms with Gasteiger partial charge in [0.2, 0.25) is 0 Å². The molecule has 1 aliphatic carbocycles. The second-order valence-corrected chi connectivity index (χ2v) is 4.79. The highest BCUT2D eigenvalue weighted by Gasteiger charge is 2.38. The minimum atomic E-state index is -0.110. The Labute approximate surface area is 87.3 Å². The largest absolute Gasteiger partial charge is 0.355 e. The Morgan fingerprint density at radius 1 is 1.36 bits per heavy atom. The van der Waals surface area contributed by atoms with Crippen LogP contribution in [0.3, 0.4) is 0 Å². The molecule has 2 nitrogen and oxygen atoms in total. The molecule has 0 radical (unpaired) electrons. The van der Waals surface area contributed by atoms with E-state index in [1.807, 2.05) is 0 Å². The van der Waals surface area contributed by atoms with Crippen LogP contribution >= 0.6 is 0 Å². The second kappa shape index (κ2) is 4.45. The Bertz CT molecular complexity index is 214. The summed E-state index contributed by atoms with van der Waals surface area (Å²) in [5.74, 6) is 0.381. The summed E-state index contributed by atoms with van der Waals surface area (Å²) in [6.45, 7) is 6.76. The standard InChI is InChI=1S/C12H22O2/c1-9-7-6-8-12(2,3)10(9)11(13-4)14-5/h7,10-11H,6,8H2,1-5H3. The maximum Gasteiger partial charge on any atom is 0.163 e. The van der Waals surface area contributed by atoms with E-state index < -0.39 is 0 Å². The van der Waals surface area contributed by atoms with E-state index in [1.54, 1.807) is 14.2 Å². The summed E-state index contributed by atoms with van der Waals surface area (Å²) in [5, 5.41) is 0. The van der Waals surface area contributed by atoms with E-state index in [4.69, 9.17) is 9.47 Å². The van der Waals surface area contributed by atoms with E-state index in [0.717, 1.165) is 0 Å². The Morgan fingerprint density at radius 2 is 1.93 bits per heavy atom. The highest BCUT2D eigenvalue weighted by Crippen LogP contribution is 2.43. The number of methoxy groups -OCH3 is 2. The normalized spacial score (nSPS) is 26.4. The maximum atomic E-state index is 5.38. The van der Waals surface area contributed by atoms with E-state index in [9.17, 15) is 0 Å². The maximum absolute atomic E-state index is 5.38. The molecule has 2 heteroatoms. The Morgan fingerprint density at radius 3 is 2.36 bits per heavy atom. The molecular weight excluding hydrogens is 176 g/mol. The molecule has 1 rings (SSSR count). The highest BCUT2D eigenvalue weighted by molar-refractivity contribution is 5.13. The van der Waals surface area contributed by atoms with Gasteiger partial charge in [-0.25, -0.2) is 0 Å². The summed E-state index contributed by atoms with van der Waals surface area (Å²) in [7, 11) is 3.43. The van der Waals surface area contributed by atoms with Crippen LogP contribution in [0.5, 0.6) is 0 Å². The van der Waals surface area contributed by atoms with Crippen molar-refractivity contribution < 1.29 is 9.47 Å². The first-order valence-corrected chi connectivity index (χ1v) is 5.25. The average Bonchev–Trinajstić information content (AvgIpc) is 2.11. The molecule has 0 saturated carbocycles. The van der Waals surface area contributed by atoms with Gasteiger partial charge in [-0.2, -0.15) is 0 Å². The van der Waals surface area contributed by atoms with E-state index in [-0.39, 0.29) is 11.7 Å². The van der Waals surface area contributed by atoms with Crippen LogP contribution in [0.1, 0.15) is 33.6 Å². The summed E-state index contributed by atoms with van der Waals surface area (Å²) in [4.78, 5) is 0. The van der Waals surface area contributed by atoms with Crippen molar-refractivity contribution >= 4 is 0 Å². The molecule has 0 N–H and O–H groups in total. The molecule has 0 saturated heterocycles. The molecule has 0 aliphatic heterocycles. The summed E-state index contributed by atoms with van der Waals surface area (Å²) >= 11 is 0. The molecule has 0 aromatic heterocycles. The van der Waals surface area contributed by atoms with Gasteiger partial charge in [0, 0.05) is 20.1 Å². The van der Waals surface area contributed by atoms with E-state index >= 15 is 0 Å². The van der Waals surface area contributed by atoms with E-state index in [1.165, 1.54) is 18.4 Å². The van der Waals surface area contributed by atoms with Gasteiger partial charge in [0.1, 0.15) is 0 Å². The van der Waals surface area contributed by atoms with E-state index in [0.29, 0.717) is 5.92 Å². The SMILES string of the molecule is COC(OC)C1C(C)=CCCC1(C)C. The van der Waals surface area contributed by atoms with Crippen LogP contribution < -0.4 is 0 Å². The molecule has 14 heavy (non-hydrogen) atoms. The Balaban J connectivity index is 2.89. The van der Waals surface area contributed by atoms with Gasteiger partial charge >= 0.3 is 0 Å². The lowest BCUT2D eigenvalue weighted by molar-refractivity contribution is -0.153. The smallest absolute Gasteiger partial charge is 0.163 e. The zero-order valence-electron chi connectivity index (χ0n) is 9.96. The van der Waals surface area contributed by atoms with Crippen LogP contribution in [0.25, 0.3) is 0 Å². The minimum Gasteiger partial charge on any atom is -0.355 e. The van der Waals surface area contributed by atoms with Gasteiger partial charge in [-0.15, -0.1) is 0 Å². The molecule has 0 amide bonds. The van der Waals surface area contributed by atoms with E-state index in [2.05, 4.69) is 26.8 Å². The summed E-state index contributed by atoms with van der Waals surface area (Å²) in [5.41, 5.74) is 1.67. The average molecular weight is 198 g/mol. The topological polar surface area (TPSA) is 18.5 Å². The first-order valence-electron chi connectivity index (χ1n) is 5.25. The van der Waals surface area contributed by atoms with Crippen LogP contribution in [0, 0.1) is 11.3 Å².